The highest BCUT2D eigenvalue weighted by atomic mass is 19.1. The summed E-state index contributed by atoms with van der Waals surface area (Å²) in [5.74, 6) is -0.759. The van der Waals surface area contributed by atoms with Gasteiger partial charge in [0.25, 0.3) is 11.8 Å². The van der Waals surface area contributed by atoms with Gasteiger partial charge in [-0.3, -0.25) is 9.48 Å². The van der Waals surface area contributed by atoms with Crippen molar-refractivity contribution in [2.45, 2.75) is 19.6 Å². The van der Waals surface area contributed by atoms with Gasteiger partial charge in [0.2, 0.25) is 0 Å². The van der Waals surface area contributed by atoms with Crippen molar-refractivity contribution < 1.29 is 13.9 Å². The normalized spacial score (nSPS) is 15.9. The number of anilines is 1. The maximum absolute atomic E-state index is 14.0. The number of rotatable bonds is 0. The lowest BCUT2D eigenvalue weighted by molar-refractivity contribution is 0.0776. The van der Waals surface area contributed by atoms with E-state index < -0.39 is 11.9 Å². The Morgan fingerprint density at radius 1 is 1.37 bits per heavy atom. The van der Waals surface area contributed by atoms with E-state index >= 15 is 0 Å². The number of halogens is 1. The minimum absolute atomic E-state index is 0.0234. The van der Waals surface area contributed by atoms with Crippen molar-refractivity contribution in [3.05, 3.63) is 52.7 Å². The first-order chi connectivity index (χ1) is 14.3. The number of nitrogens with zero attached hydrogens (tertiary/aromatic N) is 6. The Kier molecular flexibility index (Phi) is 4.58. The van der Waals surface area contributed by atoms with Crippen molar-refractivity contribution in [2.75, 3.05) is 12.8 Å². The maximum Gasteiger partial charge on any atom is 0.258 e. The molecule has 1 aromatic carbocycles. The fourth-order valence-corrected chi connectivity index (χ4v) is 3.47. The predicted molar refractivity (Wildman–Crippen MR) is 105 cm³/mol. The predicted octanol–water partition coefficient (Wildman–Crippen LogP) is 2.20. The number of benzene rings is 1. The molecule has 0 saturated heterocycles. The number of fused-ring (bicyclic) bond motifs is 5. The number of amides is 1. The van der Waals surface area contributed by atoms with Crippen LogP contribution >= 0.6 is 0 Å². The second kappa shape index (κ2) is 7.11. The third-order valence-corrected chi connectivity index (χ3v) is 5.00. The molecule has 1 aliphatic rings. The van der Waals surface area contributed by atoms with Gasteiger partial charge in [0.15, 0.2) is 11.5 Å². The number of hydrogen-bond donors (Lipinski definition) is 1. The number of hydrogen-bond acceptors (Lipinski definition) is 7. The Bertz CT molecular complexity index is 1210. The van der Waals surface area contributed by atoms with Crippen molar-refractivity contribution in [2.24, 2.45) is 7.05 Å². The Morgan fingerprint density at radius 3 is 2.87 bits per heavy atom. The topological polar surface area (TPSA) is 123 Å². The zero-order chi connectivity index (χ0) is 21.6. The van der Waals surface area contributed by atoms with Crippen LogP contribution in [0.3, 0.4) is 0 Å². The molecule has 0 saturated carbocycles. The van der Waals surface area contributed by atoms with Crippen molar-refractivity contribution in [3.63, 3.8) is 0 Å². The molecular formula is C20H18FN7O2. The minimum atomic E-state index is -0.733. The Morgan fingerprint density at radius 2 is 2.13 bits per heavy atom. The number of ether oxygens (including phenoxy) is 1. The first-order valence-electron chi connectivity index (χ1n) is 9.10. The van der Waals surface area contributed by atoms with Crippen LogP contribution in [-0.2, 0) is 13.6 Å². The van der Waals surface area contributed by atoms with Crippen molar-refractivity contribution in [1.82, 2.24) is 24.6 Å². The number of aryl methyl sites for hydroxylation is 1. The number of carbonyl (C=O) groups is 1. The summed E-state index contributed by atoms with van der Waals surface area (Å²) in [6, 6.07) is 5.96. The van der Waals surface area contributed by atoms with Gasteiger partial charge in [-0.25, -0.2) is 14.4 Å². The molecule has 0 spiro atoms. The number of aromatic nitrogens is 4. The van der Waals surface area contributed by atoms with Crippen LogP contribution in [0.2, 0.25) is 0 Å². The highest BCUT2D eigenvalue weighted by Gasteiger charge is 2.27. The van der Waals surface area contributed by atoms with Crippen LogP contribution < -0.4 is 10.5 Å². The SMILES string of the molecule is CC1Oc2nc(cnc2N)-c2c(C#N)nn(C)c2CN(C)C(=O)c2ccc(F)cc21. The highest BCUT2D eigenvalue weighted by Crippen LogP contribution is 2.33. The lowest BCUT2D eigenvalue weighted by atomic mass is 10.0. The molecule has 30 heavy (non-hydrogen) atoms. The molecule has 1 atom stereocenters. The summed E-state index contributed by atoms with van der Waals surface area (Å²) in [6.07, 6.45) is 0.693. The lowest BCUT2D eigenvalue weighted by Crippen LogP contribution is -2.29. The second-order valence-electron chi connectivity index (χ2n) is 7.00. The van der Waals surface area contributed by atoms with Crippen LogP contribution in [0.4, 0.5) is 10.2 Å². The smallest absolute Gasteiger partial charge is 0.258 e. The molecule has 1 amide bonds. The van der Waals surface area contributed by atoms with Gasteiger partial charge in [0.1, 0.15) is 18.0 Å². The van der Waals surface area contributed by atoms with Crippen LogP contribution in [0.5, 0.6) is 5.88 Å². The molecule has 4 rings (SSSR count). The second-order valence-corrected chi connectivity index (χ2v) is 7.00. The largest absolute Gasteiger partial charge is 0.467 e. The van der Waals surface area contributed by atoms with E-state index in [0.29, 0.717) is 28.1 Å². The fraction of sp³-hybridized carbons (Fsp3) is 0.250. The van der Waals surface area contributed by atoms with Crippen LogP contribution in [-0.4, -0.2) is 37.6 Å². The molecule has 152 valence electrons. The van der Waals surface area contributed by atoms with E-state index in [4.69, 9.17) is 10.5 Å². The van der Waals surface area contributed by atoms with Crippen LogP contribution in [0.1, 0.15) is 40.3 Å². The zero-order valence-corrected chi connectivity index (χ0v) is 16.5. The molecule has 0 fully saturated rings. The van der Waals surface area contributed by atoms with E-state index in [1.807, 2.05) is 0 Å². The monoisotopic (exact) mass is 407 g/mol. The van der Waals surface area contributed by atoms with Crippen LogP contribution in [0, 0.1) is 17.1 Å². The summed E-state index contributed by atoms with van der Waals surface area (Å²) >= 11 is 0. The van der Waals surface area contributed by atoms with Gasteiger partial charge in [-0.2, -0.15) is 10.4 Å². The summed E-state index contributed by atoms with van der Waals surface area (Å²) in [5, 5.41) is 13.8. The number of nitrogen functional groups attached to an aromatic ring is 1. The molecular weight excluding hydrogens is 389 g/mol. The summed E-state index contributed by atoms with van der Waals surface area (Å²) < 4.78 is 21.4. The van der Waals surface area contributed by atoms with Crippen molar-refractivity contribution >= 4 is 11.7 Å². The standard InChI is InChI=1S/C20H18FN7O2/c1-10-13-6-11(21)4-5-12(13)20(29)27(2)9-16-17(14(7-22)26-28(16)3)15-8-24-18(23)19(25-15)30-10/h4-6,8,10H,9H2,1-3H3,(H2,23,24). The van der Waals surface area contributed by atoms with Gasteiger partial charge in [-0.15, -0.1) is 0 Å². The molecule has 9 nitrogen and oxygen atoms in total. The molecule has 2 aromatic heterocycles. The van der Waals surface area contributed by atoms with Crippen molar-refractivity contribution in [3.8, 4) is 23.2 Å². The molecule has 3 aromatic rings. The summed E-state index contributed by atoms with van der Waals surface area (Å²) in [4.78, 5) is 23.2. The van der Waals surface area contributed by atoms with Gasteiger partial charge in [0, 0.05) is 25.2 Å². The van der Waals surface area contributed by atoms with E-state index in [0.717, 1.165) is 0 Å². The van der Waals surface area contributed by atoms with E-state index in [-0.39, 0.29) is 29.8 Å². The summed E-state index contributed by atoms with van der Waals surface area (Å²) in [6.45, 7) is 1.81. The van der Waals surface area contributed by atoms with E-state index in [1.54, 1.807) is 21.0 Å². The Labute approximate surface area is 171 Å². The van der Waals surface area contributed by atoms with Crippen LogP contribution in [0.25, 0.3) is 11.3 Å². The Hall–Kier alpha value is -4.00. The molecule has 1 aliphatic heterocycles. The van der Waals surface area contributed by atoms with Crippen molar-refractivity contribution in [1.29, 1.82) is 5.26 Å². The van der Waals surface area contributed by atoms with Gasteiger partial charge < -0.3 is 15.4 Å². The maximum atomic E-state index is 14.0. The molecule has 1 unspecified atom stereocenters. The minimum Gasteiger partial charge on any atom is -0.467 e. The molecule has 2 bridgehead atoms. The quantitative estimate of drug-likeness (QED) is 0.606. The first-order valence-corrected chi connectivity index (χ1v) is 9.10. The van der Waals surface area contributed by atoms with E-state index in [1.165, 1.54) is 34.0 Å². The van der Waals surface area contributed by atoms with Gasteiger partial charge in [-0.1, -0.05) is 0 Å². The van der Waals surface area contributed by atoms with Gasteiger partial charge in [0.05, 0.1) is 29.7 Å². The molecule has 0 radical (unpaired) electrons. The molecule has 10 heteroatoms. The van der Waals surface area contributed by atoms with E-state index in [2.05, 4.69) is 21.1 Å². The fourth-order valence-electron chi connectivity index (χ4n) is 3.47. The van der Waals surface area contributed by atoms with Crippen LogP contribution in [0.15, 0.2) is 24.4 Å². The third-order valence-electron chi connectivity index (χ3n) is 5.00. The first kappa shape index (κ1) is 19.3. The number of nitriles is 1. The highest BCUT2D eigenvalue weighted by molar-refractivity contribution is 5.95. The third kappa shape index (κ3) is 3.10. The van der Waals surface area contributed by atoms with E-state index in [9.17, 15) is 14.4 Å². The average Bonchev–Trinajstić information content (AvgIpc) is 3.03. The van der Waals surface area contributed by atoms with Gasteiger partial charge in [-0.05, 0) is 25.1 Å². The summed E-state index contributed by atoms with van der Waals surface area (Å²) in [7, 11) is 3.30. The number of nitrogens with two attached hydrogens (primary N) is 1. The molecule has 0 aliphatic carbocycles. The van der Waals surface area contributed by atoms with Gasteiger partial charge >= 0.3 is 0 Å². The average molecular weight is 407 g/mol. The lowest BCUT2D eigenvalue weighted by Gasteiger charge is -2.23. The summed E-state index contributed by atoms with van der Waals surface area (Å²) in [5.41, 5.74) is 8.11. The zero-order valence-electron chi connectivity index (χ0n) is 16.5. The Balaban J connectivity index is 1.99. The number of carbonyl (C=O) groups excluding carboxylic acids is 1. The molecule has 3 heterocycles. The molecule has 2 N–H and O–H groups in total.